The summed E-state index contributed by atoms with van der Waals surface area (Å²) in [5, 5.41) is 9.70. The number of hydrogen-bond donors (Lipinski definition) is 2. The van der Waals surface area contributed by atoms with Crippen molar-refractivity contribution in [2.24, 2.45) is 0 Å². The zero-order chi connectivity index (χ0) is 15.6. The van der Waals surface area contributed by atoms with Crippen molar-refractivity contribution < 1.29 is 9.90 Å². The van der Waals surface area contributed by atoms with E-state index in [1.807, 2.05) is 36.2 Å². The minimum Gasteiger partial charge on any atom is -0.478 e. The second-order valence-corrected chi connectivity index (χ2v) is 5.35. The van der Waals surface area contributed by atoms with Crippen LogP contribution in [0.5, 0.6) is 0 Å². The monoisotopic (exact) mass is 304 g/mol. The van der Waals surface area contributed by atoms with E-state index in [4.69, 9.17) is 22.4 Å². The van der Waals surface area contributed by atoms with Crippen LogP contribution in [0.25, 0.3) is 0 Å². The van der Waals surface area contributed by atoms with Crippen LogP contribution in [0.2, 0.25) is 5.02 Å². The smallest absolute Gasteiger partial charge is 0.337 e. The third-order valence-corrected chi connectivity index (χ3v) is 3.86. The van der Waals surface area contributed by atoms with Gasteiger partial charge in [0.1, 0.15) is 0 Å². The zero-order valence-corrected chi connectivity index (χ0v) is 12.6. The fourth-order valence-corrected chi connectivity index (χ4v) is 2.28. The first-order valence-electron chi connectivity index (χ1n) is 6.51. The molecule has 2 rings (SSSR count). The fraction of sp³-hybridized carbons (Fsp3) is 0.188. The lowest BCUT2D eigenvalue weighted by Crippen LogP contribution is -2.21. The van der Waals surface area contributed by atoms with Gasteiger partial charge in [0.25, 0.3) is 0 Å². The van der Waals surface area contributed by atoms with E-state index in [2.05, 4.69) is 6.92 Å². The maximum atomic E-state index is 11.0. The number of carboxylic acid groups (broad SMARTS) is 1. The molecule has 3 N–H and O–H groups in total. The van der Waals surface area contributed by atoms with Crippen LogP contribution in [0, 0.1) is 0 Å². The van der Waals surface area contributed by atoms with Crippen molar-refractivity contribution in [2.75, 3.05) is 17.7 Å². The van der Waals surface area contributed by atoms with Gasteiger partial charge in [-0.2, -0.15) is 0 Å². The standard InChI is InChI=1S/C16H17ClN2O2/c1-10(11-3-5-12(17)6-4-11)19(2)13-7-8-14(16(20)21)15(18)9-13/h3-10H,18H2,1-2H3,(H,20,21). The number of nitrogens with two attached hydrogens (primary N) is 1. The van der Waals surface area contributed by atoms with Crippen molar-refractivity contribution >= 4 is 28.9 Å². The Morgan fingerprint density at radius 1 is 1.24 bits per heavy atom. The molecule has 0 saturated carbocycles. The molecule has 5 heteroatoms. The summed E-state index contributed by atoms with van der Waals surface area (Å²) in [5.41, 5.74) is 8.14. The first-order valence-corrected chi connectivity index (χ1v) is 6.89. The Hall–Kier alpha value is -2.20. The van der Waals surface area contributed by atoms with Gasteiger partial charge in [0, 0.05) is 23.4 Å². The van der Waals surface area contributed by atoms with Crippen LogP contribution >= 0.6 is 11.6 Å². The largest absolute Gasteiger partial charge is 0.478 e. The van der Waals surface area contributed by atoms with E-state index in [0.717, 1.165) is 11.3 Å². The van der Waals surface area contributed by atoms with E-state index in [9.17, 15) is 4.79 Å². The van der Waals surface area contributed by atoms with Crippen molar-refractivity contribution in [3.63, 3.8) is 0 Å². The summed E-state index contributed by atoms with van der Waals surface area (Å²) in [5.74, 6) is -1.02. The number of carbonyl (C=O) groups is 1. The molecule has 0 aromatic heterocycles. The van der Waals surface area contributed by atoms with Gasteiger partial charge in [-0.25, -0.2) is 4.79 Å². The molecule has 0 heterocycles. The molecule has 0 saturated heterocycles. The SMILES string of the molecule is CC(c1ccc(Cl)cc1)N(C)c1ccc(C(=O)O)c(N)c1. The quantitative estimate of drug-likeness (QED) is 0.843. The molecule has 0 aliphatic carbocycles. The average molecular weight is 305 g/mol. The van der Waals surface area contributed by atoms with Crippen molar-refractivity contribution in [1.29, 1.82) is 0 Å². The molecular formula is C16H17ClN2O2. The van der Waals surface area contributed by atoms with Crippen molar-refractivity contribution in [2.45, 2.75) is 13.0 Å². The van der Waals surface area contributed by atoms with Crippen LogP contribution in [-0.2, 0) is 0 Å². The number of aromatic carboxylic acids is 1. The van der Waals surface area contributed by atoms with Crippen LogP contribution in [0.3, 0.4) is 0 Å². The molecule has 0 aliphatic heterocycles. The Bertz CT molecular complexity index is 656. The minimum atomic E-state index is -1.02. The van der Waals surface area contributed by atoms with E-state index in [0.29, 0.717) is 5.02 Å². The van der Waals surface area contributed by atoms with Crippen molar-refractivity contribution in [3.8, 4) is 0 Å². The molecule has 2 aromatic carbocycles. The molecule has 0 bridgehead atoms. The molecule has 0 radical (unpaired) electrons. The molecular weight excluding hydrogens is 288 g/mol. The maximum Gasteiger partial charge on any atom is 0.337 e. The third-order valence-electron chi connectivity index (χ3n) is 3.61. The molecule has 4 nitrogen and oxygen atoms in total. The summed E-state index contributed by atoms with van der Waals surface area (Å²) >= 11 is 5.90. The van der Waals surface area contributed by atoms with E-state index in [1.165, 1.54) is 6.07 Å². The maximum absolute atomic E-state index is 11.0. The Morgan fingerprint density at radius 3 is 2.38 bits per heavy atom. The Labute approximate surface area is 128 Å². The van der Waals surface area contributed by atoms with Crippen LogP contribution in [0.15, 0.2) is 42.5 Å². The number of rotatable bonds is 4. The molecule has 0 spiro atoms. The third kappa shape index (κ3) is 3.28. The second kappa shape index (κ2) is 6.06. The molecule has 2 aromatic rings. The van der Waals surface area contributed by atoms with E-state index in [-0.39, 0.29) is 17.3 Å². The number of halogens is 1. The lowest BCUT2D eigenvalue weighted by molar-refractivity contribution is 0.0698. The molecule has 1 atom stereocenters. The summed E-state index contributed by atoms with van der Waals surface area (Å²) in [6.45, 7) is 2.06. The highest BCUT2D eigenvalue weighted by Gasteiger charge is 2.15. The Balaban J connectivity index is 2.27. The molecule has 21 heavy (non-hydrogen) atoms. The highest BCUT2D eigenvalue weighted by molar-refractivity contribution is 6.30. The van der Waals surface area contributed by atoms with Crippen LogP contribution in [0.1, 0.15) is 28.9 Å². The topological polar surface area (TPSA) is 66.6 Å². The molecule has 0 aliphatic rings. The number of benzene rings is 2. The van der Waals surface area contributed by atoms with Crippen LogP contribution < -0.4 is 10.6 Å². The van der Waals surface area contributed by atoms with Crippen LogP contribution in [0.4, 0.5) is 11.4 Å². The number of carboxylic acids is 1. The van der Waals surface area contributed by atoms with Gasteiger partial charge < -0.3 is 15.7 Å². The normalized spacial score (nSPS) is 12.0. The van der Waals surface area contributed by atoms with Gasteiger partial charge in [0.2, 0.25) is 0 Å². The lowest BCUT2D eigenvalue weighted by Gasteiger charge is -2.28. The molecule has 1 unspecified atom stereocenters. The zero-order valence-electron chi connectivity index (χ0n) is 11.9. The van der Waals surface area contributed by atoms with Gasteiger partial charge in [-0.1, -0.05) is 23.7 Å². The van der Waals surface area contributed by atoms with Gasteiger partial charge in [0.05, 0.1) is 11.6 Å². The number of anilines is 2. The number of hydrogen-bond acceptors (Lipinski definition) is 3. The molecule has 0 amide bonds. The lowest BCUT2D eigenvalue weighted by atomic mass is 10.1. The predicted octanol–water partition coefficient (Wildman–Crippen LogP) is 3.82. The summed E-state index contributed by atoms with van der Waals surface area (Å²) in [4.78, 5) is 13.0. The van der Waals surface area contributed by atoms with Crippen molar-refractivity contribution in [3.05, 3.63) is 58.6 Å². The Morgan fingerprint density at radius 2 is 1.86 bits per heavy atom. The van der Waals surface area contributed by atoms with E-state index < -0.39 is 5.97 Å². The summed E-state index contributed by atoms with van der Waals surface area (Å²) in [6, 6.07) is 12.7. The molecule has 110 valence electrons. The number of nitrogen functional groups attached to an aromatic ring is 1. The van der Waals surface area contributed by atoms with Gasteiger partial charge in [-0.3, -0.25) is 0 Å². The van der Waals surface area contributed by atoms with E-state index in [1.54, 1.807) is 12.1 Å². The highest BCUT2D eigenvalue weighted by atomic mass is 35.5. The van der Waals surface area contributed by atoms with Gasteiger partial charge in [-0.05, 0) is 42.8 Å². The second-order valence-electron chi connectivity index (χ2n) is 4.92. The van der Waals surface area contributed by atoms with Crippen LogP contribution in [-0.4, -0.2) is 18.1 Å². The highest BCUT2D eigenvalue weighted by Crippen LogP contribution is 2.28. The average Bonchev–Trinajstić information content (AvgIpc) is 2.46. The summed E-state index contributed by atoms with van der Waals surface area (Å²) in [6.07, 6.45) is 0. The fourth-order valence-electron chi connectivity index (χ4n) is 2.15. The van der Waals surface area contributed by atoms with Gasteiger partial charge >= 0.3 is 5.97 Å². The van der Waals surface area contributed by atoms with Crippen molar-refractivity contribution in [1.82, 2.24) is 0 Å². The summed E-state index contributed by atoms with van der Waals surface area (Å²) in [7, 11) is 1.94. The van der Waals surface area contributed by atoms with Gasteiger partial charge in [-0.15, -0.1) is 0 Å². The summed E-state index contributed by atoms with van der Waals surface area (Å²) < 4.78 is 0. The minimum absolute atomic E-state index is 0.109. The van der Waals surface area contributed by atoms with Gasteiger partial charge in [0.15, 0.2) is 0 Å². The Kier molecular flexibility index (Phi) is 4.38. The number of nitrogens with zero attached hydrogens (tertiary/aromatic N) is 1. The first kappa shape index (κ1) is 15.2. The predicted molar refractivity (Wildman–Crippen MR) is 86.1 cm³/mol. The van der Waals surface area contributed by atoms with E-state index >= 15 is 0 Å². The first-order chi connectivity index (χ1) is 9.90. The molecule has 0 fully saturated rings.